The van der Waals surface area contributed by atoms with Gasteiger partial charge in [-0.05, 0) is 25.8 Å². The lowest BCUT2D eigenvalue weighted by molar-refractivity contribution is -0.917. The molecule has 0 radical (unpaired) electrons. The largest absolute Gasteiger partial charge is 1.00 e. The molecule has 0 heterocycles. The van der Waals surface area contributed by atoms with Crippen LogP contribution >= 0.6 is 0 Å². The Hall–Kier alpha value is -0.870. The highest BCUT2D eigenvalue weighted by Gasteiger charge is 2.20. The topological polar surface area (TPSA) is 0 Å². The monoisotopic (exact) mass is 551 g/mol. The van der Waals surface area contributed by atoms with Crippen molar-refractivity contribution in [3.05, 3.63) is 72.4 Å². The van der Waals surface area contributed by atoms with Crippen LogP contribution in [0.3, 0.4) is 0 Å². The molecule has 0 aliphatic carbocycles. The minimum Gasteiger partial charge on any atom is -1.00 e. The summed E-state index contributed by atoms with van der Waals surface area (Å²) < 4.78 is 1.09. The Labute approximate surface area is 217 Å². The number of unbranched alkanes of at least 4 members (excludes halogenated alkanes) is 11. The summed E-state index contributed by atoms with van der Waals surface area (Å²) >= 11 is 0. The predicted octanol–water partition coefficient (Wildman–Crippen LogP) is 6.03. The van der Waals surface area contributed by atoms with E-state index in [9.17, 15) is 0 Å². The van der Waals surface area contributed by atoms with Crippen LogP contribution in [-0.2, 0) is 6.54 Å². The van der Waals surface area contributed by atoms with E-state index in [1.54, 1.807) is 0 Å². The van der Waals surface area contributed by atoms with E-state index in [1.807, 2.05) is 0 Å². The Morgan fingerprint density at radius 3 is 1.78 bits per heavy atom. The first-order valence-corrected chi connectivity index (χ1v) is 13.0. The van der Waals surface area contributed by atoms with Gasteiger partial charge < -0.3 is 28.5 Å². The number of benzene rings is 1. The van der Waals surface area contributed by atoms with Crippen molar-refractivity contribution >= 4 is 0 Å². The molecule has 182 valence electrons. The van der Waals surface area contributed by atoms with Crippen molar-refractivity contribution < 1.29 is 28.5 Å². The molecule has 0 fully saturated rings. The third kappa shape index (κ3) is 17.7. The zero-order valence-corrected chi connectivity index (χ0v) is 23.4. The average molecular weight is 552 g/mol. The molecule has 1 unspecified atom stereocenters. The van der Waals surface area contributed by atoms with Crippen LogP contribution < -0.4 is 24.0 Å². The predicted molar refractivity (Wildman–Crippen MR) is 140 cm³/mol. The van der Waals surface area contributed by atoms with Crippen LogP contribution in [0.4, 0.5) is 0 Å². The smallest absolute Gasteiger partial charge is 0.104 e. The minimum atomic E-state index is 0. The zero-order valence-electron chi connectivity index (χ0n) is 21.3. The molecule has 2 heteroatoms. The van der Waals surface area contributed by atoms with Crippen LogP contribution in [0.2, 0.25) is 0 Å². The molecule has 1 aromatic rings. The molecule has 1 nitrogen and oxygen atoms in total. The van der Waals surface area contributed by atoms with Crippen molar-refractivity contribution in [3.8, 4) is 0 Å². The van der Waals surface area contributed by atoms with E-state index in [1.165, 1.54) is 89.2 Å². The molecular formula is C30H50IN. The van der Waals surface area contributed by atoms with Gasteiger partial charge >= 0.3 is 0 Å². The Morgan fingerprint density at radius 1 is 0.688 bits per heavy atom. The van der Waals surface area contributed by atoms with Gasteiger partial charge in [-0.3, -0.25) is 0 Å². The van der Waals surface area contributed by atoms with E-state index in [0.717, 1.165) is 17.6 Å². The molecule has 0 N–H and O–H groups in total. The van der Waals surface area contributed by atoms with Gasteiger partial charge in [0.2, 0.25) is 0 Å². The fourth-order valence-electron chi connectivity index (χ4n) is 4.23. The lowest BCUT2D eigenvalue weighted by Crippen LogP contribution is -3.00. The van der Waals surface area contributed by atoms with Crippen molar-refractivity contribution in [3.63, 3.8) is 0 Å². The number of hydrogen-bond acceptors (Lipinski definition) is 0. The Balaban J connectivity index is 0.00000961. The molecule has 32 heavy (non-hydrogen) atoms. The standard InChI is InChI=1S/C30H50N.HI/c1-4-6-8-10-12-13-14-15-16-17-19-24-28-31(3,27-23-18-11-9-7-5-2)29-30-25-21-20-22-26-30;/h5,7,9,11,18,20-23,25-26H,4,6,8,10,12-17,19,24,27-29H2,1-3H3;1H/q+1;/p-1/b7-5+,11-9+,23-18+;. The molecule has 0 aliphatic rings. The van der Waals surface area contributed by atoms with E-state index in [2.05, 4.69) is 87.7 Å². The minimum absolute atomic E-state index is 0. The fourth-order valence-corrected chi connectivity index (χ4v) is 4.23. The van der Waals surface area contributed by atoms with Crippen LogP contribution in [0.1, 0.15) is 96.5 Å². The lowest BCUT2D eigenvalue weighted by Gasteiger charge is -2.34. The maximum Gasteiger partial charge on any atom is 0.104 e. The van der Waals surface area contributed by atoms with Gasteiger partial charge in [-0.25, -0.2) is 0 Å². The molecule has 1 aromatic carbocycles. The highest BCUT2D eigenvalue weighted by molar-refractivity contribution is 5.14. The highest BCUT2D eigenvalue weighted by atomic mass is 127. The van der Waals surface area contributed by atoms with E-state index in [-0.39, 0.29) is 24.0 Å². The zero-order chi connectivity index (χ0) is 22.5. The number of likely N-dealkylation sites (N-methyl/N-ethyl adjacent to an activating group) is 1. The first-order chi connectivity index (χ1) is 15.2. The average Bonchev–Trinajstić information content (AvgIpc) is 2.77. The van der Waals surface area contributed by atoms with E-state index >= 15 is 0 Å². The number of halogens is 1. The van der Waals surface area contributed by atoms with Gasteiger partial charge in [-0.1, -0.05) is 132 Å². The molecule has 1 rings (SSSR count). The first kappa shape index (κ1) is 31.1. The van der Waals surface area contributed by atoms with Gasteiger partial charge in [-0.2, -0.15) is 0 Å². The van der Waals surface area contributed by atoms with Crippen LogP contribution in [0.15, 0.2) is 66.8 Å². The van der Waals surface area contributed by atoms with Crippen molar-refractivity contribution in [2.24, 2.45) is 0 Å². The Kier molecular flexibility index (Phi) is 21.4. The summed E-state index contributed by atoms with van der Waals surface area (Å²) in [6, 6.07) is 11.0. The second kappa shape index (κ2) is 21.9. The van der Waals surface area contributed by atoms with Crippen LogP contribution in [-0.4, -0.2) is 24.6 Å². The third-order valence-electron chi connectivity index (χ3n) is 6.17. The molecule has 0 amide bonds. The summed E-state index contributed by atoms with van der Waals surface area (Å²) in [7, 11) is 2.42. The van der Waals surface area contributed by atoms with Gasteiger partial charge in [0.25, 0.3) is 0 Å². The quantitative estimate of drug-likeness (QED) is 0.0853. The molecule has 0 saturated heterocycles. The van der Waals surface area contributed by atoms with Crippen molar-refractivity contribution in [1.29, 1.82) is 0 Å². The number of allylic oxidation sites excluding steroid dienone is 5. The van der Waals surface area contributed by atoms with Gasteiger partial charge in [0.15, 0.2) is 0 Å². The SMILES string of the molecule is C/C=C/C=C/C=C/C[N+](C)(CCCCCCCCCCCCCC)Cc1ccccc1.[I-]. The fraction of sp³-hybridized carbons (Fsp3) is 0.600. The van der Waals surface area contributed by atoms with Gasteiger partial charge in [0.05, 0.1) is 20.1 Å². The van der Waals surface area contributed by atoms with E-state index in [4.69, 9.17) is 0 Å². The third-order valence-corrected chi connectivity index (χ3v) is 6.17. The van der Waals surface area contributed by atoms with Crippen molar-refractivity contribution in [1.82, 2.24) is 0 Å². The number of rotatable bonds is 19. The van der Waals surface area contributed by atoms with Gasteiger partial charge in [0, 0.05) is 5.56 Å². The summed E-state index contributed by atoms with van der Waals surface area (Å²) in [6.07, 6.45) is 29.9. The maximum atomic E-state index is 2.42. The highest BCUT2D eigenvalue weighted by Crippen LogP contribution is 2.16. The maximum absolute atomic E-state index is 2.42. The van der Waals surface area contributed by atoms with E-state index in [0.29, 0.717) is 0 Å². The summed E-state index contributed by atoms with van der Waals surface area (Å²) in [6.45, 7) is 7.81. The molecule has 0 aliphatic heterocycles. The van der Waals surface area contributed by atoms with Gasteiger partial charge in [-0.15, -0.1) is 0 Å². The van der Waals surface area contributed by atoms with Crippen molar-refractivity contribution in [2.75, 3.05) is 20.1 Å². The summed E-state index contributed by atoms with van der Waals surface area (Å²) in [4.78, 5) is 0. The summed E-state index contributed by atoms with van der Waals surface area (Å²) in [5.74, 6) is 0. The number of hydrogen-bond donors (Lipinski definition) is 0. The normalized spacial score (nSPS) is 13.7. The molecule has 1 atom stereocenters. The Morgan fingerprint density at radius 2 is 1.22 bits per heavy atom. The molecule has 0 aromatic heterocycles. The molecular weight excluding hydrogens is 501 g/mol. The van der Waals surface area contributed by atoms with Crippen molar-refractivity contribution in [2.45, 2.75) is 97.4 Å². The second-order valence-electron chi connectivity index (χ2n) is 9.40. The molecule has 0 spiro atoms. The van der Waals surface area contributed by atoms with E-state index < -0.39 is 0 Å². The second-order valence-corrected chi connectivity index (χ2v) is 9.40. The first-order valence-electron chi connectivity index (χ1n) is 13.0. The number of quaternary nitrogens is 1. The summed E-state index contributed by atoms with van der Waals surface area (Å²) in [5.41, 5.74) is 1.45. The van der Waals surface area contributed by atoms with Crippen LogP contribution in [0.5, 0.6) is 0 Å². The lowest BCUT2D eigenvalue weighted by atomic mass is 10.0. The Bertz CT molecular complexity index is 605. The van der Waals surface area contributed by atoms with Crippen LogP contribution in [0.25, 0.3) is 0 Å². The molecule has 0 saturated carbocycles. The number of nitrogens with zero attached hydrogens (tertiary/aromatic N) is 1. The molecule has 0 bridgehead atoms. The summed E-state index contributed by atoms with van der Waals surface area (Å²) in [5, 5.41) is 0. The van der Waals surface area contributed by atoms with Crippen LogP contribution in [0, 0.1) is 0 Å². The van der Waals surface area contributed by atoms with Gasteiger partial charge in [0.1, 0.15) is 6.54 Å².